The van der Waals surface area contributed by atoms with Crippen LogP contribution in [0.1, 0.15) is 10.5 Å². The number of anilines is 1. The first kappa shape index (κ1) is 14.0. The summed E-state index contributed by atoms with van der Waals surface area (Å²) in [5.74, 6) is -0.0993. The van der Waals surface area contributed by atoms with Gasteiger partial charge in [-0.05, 0) is 12.1 Å². The van der Waals surface area contributed by atoms with Crippen molar-refractivity contribution in [2.45, 2.75) is 0 Å². The fourth-order valence-corrected chi connectivity index (χ4v) is 2.04. The monoisotopic (exact) mass is 274 g/mol. The van der Waals surface area contributed by atoms with Crippen LogP contribution >= 0.6 is 0 Å². The van der Waals surface area contributed by atoms with Gasteiger partial charge < -0.3 is 15.1 Å². The van der Waals surface area contributed by atoms with Gasteiger partial charge in [0.1, 0.15) is 5.69 Å². The molecule has 0 unspecified atom stereocenters. The molecule has 1 aromatic heterocycles. The third-order valence-electron chi connectivity index (χ3n) is 3.18. The molecule has 1 aliphatic rings. The van der Waals surface area contributed by atoms with Crippen molar-refractivity contribution >= 4 is 18.0 Å². The van der Waals surface area contributed by atoms with E-state index in [0.29, 0.717) is 38.4 Å². The predicted octanol–water partition coefficient (Wildman–Crippen LogP) is 0.594. The summed E-state index contributed by atoms with van der Waals surface area (Å²) in [6.07, 6.45) is 4.18. The van der Waals surface area contributed by atoms with E-state index in [4.69, 9.17) is 0 Å². The molecule has 2 heterocycles. The maximum absolute atomic E-state index is 12.3. The van der Waals surface area contributed by atoms with Gasteiger partial charge >= 0.3 is 0 Å². The van der Waals surface area contributed by atoms with Crippen LogP contribution in [0.5, 0.6) is 0 Å². The number of aromatic nitrogens is 1. The van der Waals surface area contributed by atoms with Crippen LogP contribution in [0.3, 0.4) is 0 Å². The number of amides is 2. The molecular formula is C14H18N4O2. The molecule has 2 rings (SSSR count). The van der Waals surface area contributed by atoms with Gasteiger partial charge in [-0.3, -0.25) is 14.6 Å². The fraction of sp³-hybridized carbons (Fsp3) is 0.357. The zero-order chi connectivity index (χ0) is 14.4. The number of piperazine rings is 1. The number of nitrogens with one attached hydrogen (secondary N) is 1. The van der Waals surface area contributed by atoms with E-state index >= 15 is 0 Å². The topological polar surface area (TPSA) is 65.5 Å². The first-order valence-corrected chi connectivity index (χ1v) is 6.54. The van der Waals surface area contributed by atoms with E-state index in [0.717, 1.165) is 12.1 Å². The summed E-state index contributed by atoms with van der Waals surface area (Å²) >= 11 is 0. The minimum Gasteiger partial charge on any atom is -0.381 e. The normalized spacial score (nSPS) is 14.8. The van der Waals surface area contributed by atoms with Crippen LogP contribution < -0.4 is 5.32 Å². The molecule has 106 valence electrons. The second-order valence-corrected chi connectivity index (χ2v) is 4.53. The van der Waals surface area contributed by atoms with Crippen molar-refractivity contribution in [3.8, 4) is 0 Å². The molecule has 1 aliphatic heterocycles. The standard InChI is InChI=1S/C14H18N4O2/c1-2-4-15-12-3-5-16-13(10-12)14(20)18-8-6-17(11-19)7-9-18/h2-3,5,10-11H,1,4,6-9H2,(H,15,16). The third kappa shape index (κ3) is 3.34. The van der Waals surface area contributed by atoms with Crippen LogP contribution in [0.4, 0.5) is 5.69 Å². The number of hydrogen-bond donors (Lipinski definition) is 1. The highest BCUT2D eigenvalue weighted by atomic mass is 16.2. The van der Waals surface area contributed by atoms with Gasteiger partial charge in [0.2, 0.25) is 6.41 Å². The molecular weight excluding hydrogens is 256 g/mol. The molecule has 0 aromatic carbocycles. The molecule has 0 saturated carbocycles. The van der Waals surface area contributed by atoms with Crippen molar-refractivity contribution in [2.24, 2.45) is 0 Å². The quantitative estimate of drug-likeness (QED) is 0.630. The summed E-state index contributed by atoms with van der Waals surface area (Å²) in [6.45, 7) is 6.51. The fourth-order valence-electron chi connectivity index (χ4n) is 2.04. The minimum atomic E-state index is -0.0993. The zero-order valence-corrected chi connectivity index (χ0v) is 11.3. The lowest BCUT2D eigenvalue weighted by Crippen LogP contribution is -2.48. The van der Waals surface area contributed by atoms with Gasteiger partial charge in [0, 0.05) is 44.6 Å². The Morgan fingerprint density at radius 3 is 2.80 bits per heavy atom. The van der Waals surface area contributed by atoms with E-state index in [1.54, 1.807) is 28.1 Å². The molecule has 6 heteroatoms. The summed E-state index contributed by atoms with van der Waals surface area (Å²) < 4.78 is 0. The van der Waals surface area contributed by atoms with Crippen molar-refractivity contribution in [1.82, 2.24) is 14.8 Å². The lowest BCUT2D eigenvalue weighted by molar-refractivity contribution is -0.119. The van der Waals surface area contributed by atoms with E-state index in [1.165, 1.54) is 0 Å². The molecule has 1 aromatic rings. The van der Waals surface area contributed by atoms with E-state index in [1.807, 2.05) is 6.07 Å². The second kappa shape index (κ2) is 6.70. The zero-order valence-electron chi connectivity index (χ0n) is 11.3. The van der Waals surface area contributed by atoms with Gasteiger partial charge in [0.05, 0.1) is 0 Å². The van der Waals surface area contributed by atoms with Gasteiger partial charge in [0.15, 0.2) is 0 Å². The van der Waals surface area contributed by atoms with Crippen LogP contribution in [-0.2, 0) is 4.79 Å². The molecule has 0 aliphatic carbocycles. The maximum atomic E-state index is 12.3. The lowest BCUT2D eigenvalue weighted by atomic mass is 10.2. The number of carbonyl (C=O) groups excluding carboxylic acids is 2. The van der Waals surface area contributed by atoms with Gasteiger partial charge in [-0.2, -0.15) is 0 Å². The van der Waals surface area contributed by atoms with Crippen molar-refractivity contribution < 1.29 is 9.59 Å². The van der Waals surface area contributed by atoms with Crippen LogP contribution in [0, 0.1) is 0 Å². The van der Waals surface area contributed by atoms with Crippen molar-refractivity contribution in [3.05, 3.63) is 36.7 Å². The average Bonchev–Trinajstić information content (AvgIpc) is 2.52. The molecule has 1 saturated heterocycles. The summed E-state index contributed by atoms with van der Waals surface area (Å²) in [5, 5.41) is 3.13. The Bertz CT molecular complexity index is 496. The van der Waals surface area contributed by atoms with E-state index < -0.39 is 0 Å². The van der Waals surface area contributed by atoms with E-state index in [9.17, 15) is 9.59 Å². The van der Waals surface area contributed by atoms with Crippen LogP contribution in [0.25, 0.3) is 0 Å². The van der Waals surface area contributed by atoms with Crippen molar-refractivity contribution in [2.75, 3.05) is 38.0 Å². The molecule has 2 amide bonds. The molecule has 0 bridgehead atoms. The first-order chi connectivity index (χ1) is 9.74. The summed E-state index contributed by atoms with van der Waals surface area (Å²) in [7, 11) is 0. The highest BCUT2D eigenvalue weighted by molar-refractivity contribution is 5.93. The van der Waals surface area contributed by atoms with Crippen LogP contribution in [-0.4, -0.2) is 59.8 Å². The van der Waals surface area contributed by atoms with E-state index in [-0.39, 0.29) is 5.91 Å². The molecule has 1 fully saturated rings. The second-order valence-electron chi connectivity index (χ2n) is 4.53. The smallest absolute Gasteiger partial charge is 0.272 e. The predicted molar refractivity (Wildman–Crippen MR) is 76.5 cm³/mol. The highest BCUT2D eigenvalue weighted by Crippen LogP contribution is 2.11. The Hall–Kier alpha value is -2.37. The van der Waals surface area contributed by atoms with Crippen LogP contribution in [0.2, 0.25) is 0 Å². The van der Waals surface area contributed by atoms with Gasteiger partial charge in [-0.15, -0.1) is 6.58 Å². The van der Waals surface area contributed by atoms with Crippen molar-refractivity contribution in [1.29, 1.82) is 0 Å². The number of hydrogen-bond acceptors (Lipinski definition) is 4. The SMILES string of the molecule is C=CCNc1ccnc(C(=O)N2CCN(C=O)CC2)c1. The molecule has 1 N–H and O–H groups in total. The summed E-state index contributed by atoms with van der Waals surface area (Å²) in [5.41, 5.74) is 1.26. The minimum absolute atomic E-state index is 0.0993. The van der Waals surface area contributed by atoms with Crippen LogP contribution in [0.15, 0.2) is 31.0 Å². The first-order valence-electron chi connectivity index (χ1n) is 6.54. The Balaban J connectivity index is 2.01. The molecule has 0 radical (unpaired) electrons. The Kier molecular flexibility index (Phi) is 4.70. The molecule has 6 nitrogen and oxygen atoms in total. The molecule has 0 spiro atoms. The summed E-state index contributed by atoms with van der Waals surface area (Å²) in [6, 6.07) is 3.54. The third-order valence-corrected chi connectivity index (χ3v) is 3.18. The number of carbonyl (C=O) groups is 2. The largest absolute Gasteiger partial charge is 0.381 e. The number of nitrogens with zero attached hydrogens (tertiary/aromatic N) is 3. The van der Waals surface area contributed by atoms with Gasteiger partial charge in [0.25, 0.3) is 5.91 Å². The highest BCUT2D eigenvalue weighted by Gasteiger charge is 2.22. The lowest BCUT2D eigenvalue weighted by Gasteiger charge is -2.32. The maximum Gasteiger partial charge on any atom is 0.272 e. The average molecular weight is 274 g/mol. The number of pyridine rings is 1. The Labute approximate surface area is 118 Å². The van der Waals surface area contributed by atoms with Crippen molar-refractivity contribution in [3.63, 3.8) is 0 Å². The molecule has 20 heavy (non-hydrogen) atoms. The Morgan fingerprint density at radius 1 is 1.40 bits per heavy atom. The summed E-state index contributed by atoms with van der Waals surface area (Å²) in [4.78, 5) is 30.5. The molecule has 0 atom stereocenters. The van der Waals surface area contributed by atoms with Gasteiger partial charge in [-0.25, -0.2) is 0 Å². The van der Waals surface area contributed by atoms with E-state index in [2.05, 4.69) is 16.9 Å². The number of rotatable bonds is 5. The Morgan fingerprint density at radius 2 is 2.15 bits per heavy atom. The van der Waals surface area contributed by atoms with Gasteiger partial charge in [-0.1, -0.05) is 6.08 Å².